The lowest BCUT2D eigenvalue weighted by atomic mass is 10.4. The fourth-order valence-electron chi connectivity index (χ4n) is 0.832. The summed E-state index contributed by atoms with van der Waals surface area (Å²) in [6, 6.07) is 0. The predicted octanol–water partition coefficient (Wildman–Crippen LogP) is 2.78. The molecule has 0 aliphatic rings. The Bertz CT molecular complexity index is 284. The Kier molecular flexibility index (Phi) is 3.88. The van der Waals surface area contributed by atoms with Crippen molar-refractivity contribution < 1.29 is 17.9 Å². The zero-order chi connectivity index (χ0) is 10.6. The number of aryl methyl sites for hydroxylation is 1. The summed E-state index contributed by atoms with van der Waals surface area (Å²) >= 11 is 1.38. The third-order valence-electron chi connectivity index (χ3n) is 1.44. The highest BCUT2D eigenvalue weighted by atomic mass is 32.1. The first-order valence-electron chi connectivity index (χ1n) is 4.09. The second kappa shape index (κ2) is 4.75. The lowest BCUT2D eigenvalue weighted by molar-refractivity contribution is -0.176. The molecule has 1 aromatic heterocycles. The van der Waals surface area contributed by atoms with Crippen molar-refractivity contribution in [3.05, 3.63) is 16.1 Å². The average molecular weight is 225 g/mol. The molecule has 0 amide bonds. The molecule has 6 heteroatoms. The summed E-state index contributed by atoms with van der Waals surface area (Å²) in [6.07, 6.45) is -1.75. The van der Waals surface area contributed by atoms with Gasteiger partial charge < -0.3 is 4.74 Å². The van der Waals surface area contributed by atoms with Crippen molar-refractivity contribution >= 4 is 11.3 Å². The summed E-state index contributed by atoms with van der Waals surface area (Å²) in [7, 11) is 0. The molecule has 0 radical (unpaired) electrons. The summed E-state index contributed by atoms with van der Waals surface area (Å²) in [5.41, 5.74) is 0. The minimum Gasteiger partial charge on any atom is -0.365 e. The number of rotatable bonds is 4. The van der Waals surface area contributed by atoms with E-state index in [1.807, 2.05) is 6.92 Å². The fraction of sp³-hybridized carbons (Fsp3) is 0.625. The Morgan fingerprint density at radius 1 is 1.50 bits per heavy atom. The van der Waals surface area contributed by atoms with Gasteiger partial charge in [0, 0.05) is 11.1 Å². The summed E-state index contributed by atoms with van der Waals surface area (Å²) < 4.78 is 39.5. The van der Waals surface area contributed by atoms with Crippen molar-refractivity contribution in [3.63, 3.8) is 0 Å². The Labute approximate surface area is 83.7 Å². The predicted molar refractivity (Wildman–Crippen MR) is 47.2 cm³/mol. The first-order chi connectivity index (χ1) is 6.51. The van der Waals surface area contributed by atoms with Gasteiger partial charge in [0.1, 0.15) is 11.6 Å². The Morgan fingerprint density at radius 3 is 2.71 bits per heavy atom. The van der Waals surface area contributed by atoms with Crippen molar-refractivity contribution in [3.8, 4) is 0 Å². The first kappa shape index (κ1) is 11.5. The molecule has 2 nitrogen and oxygen atoms in total. The van der Waals surface area contributed by atoms with E-state index in [0.29, 0.717) is 5.01 Å². The lowest BCUT2D eigenvalue weighted by Crippen LogP contribution is -2.16. The van der Waals surface area contributed by atoms with Crippen LogP contribution in [0.1, 0.15) is 16.8 Å². The highest BCUT2D eigenvalue weighted by Gasteiger charge is 2.27. The second-order valence-electron chi connectivity index (χ2n) is 2.68. The number of hydrogen-bond acceptors (Lipinski definition) is 3. The number of ether oxygens (including phenoxy) is 1. The van der Waals surface area contributed by atoms with Crippen LogP contribution in [0.3, 0.4) is 0 Å². The van der Waals surface area contributed by atoms with Gasteiger partial charge in [0.15, 0.2) is 0 Å². The van der Waals surface area contributed by atoms with E-state index in [2.05, 4.69) is 9.72 Å². The van der Waals surface area contributed by atoms with Gasteiger partial charge in [0.2, 0.25) is 0 Å². The van der Waals surface area contributed by atoms with E-state index in [-0.39, 0.29) is 6.61 Å². The fourth-order valence-corrected chi connectivity index (χ4v) is 1.63. The van der Waals surface area contributed by atoms with Crippen molar-refractivity contribution in [2.75, 3.05) is 6.61 Å². The standard InChI is InChI=1S/C8H10F3NOS/c1-2-6-3-12-7(14-6)4-13-5-8(9,10)11/h3H,2,4-5H2,1H3. The number of aromatic nitrogens is 1. The molecule has 0 aromatic carbocycles. The van der Waals surface area contributed by atoms with Gasteiger partial charge in [0.25, 0.3) is 0 Å². The molecular weight excluding hydrogens is 215 g/mol. The van der Waals surface area contributed by atoms with Gasteiger partial charge >= 0.3 is 6.18 Å². The van der Waals surface area contributed by atoms with Crippen LogP contribution in [0.2, 0.25) is 0 Å². The third-order valence-corrected chi connectivity index (χ3v) is 2.56. The summed E-state index contributed by atoms with van der Waals surface area (Å²) in [4.78, 5) is 4.98. The first-order valence-corrected chi connectivity index (χ1v) is 4.91. The second-order valence-corrected chi connectivity index (χ2v) is 3.88. The molecule has 80 valence electrons. The van der Waals surface area contributed by atoms with Gasteiger partial charge in [-0.1, -0.05) is 6.92 Å². The molecule has 0 atom stereocenters. The van der Waals surface area contributed by atoms with Gasteiger partial charge in [-0.15, -0.1) is 11.3 Å². The molecule has 1 rings (SSSR count). The van der Waals surface area contributed by atoms with E-state index in [1.54, 1.807) is 6.20 Å². The zero-order valence-electron chi connectivity index (χ0n) is 7.60. The minimum atomic E-state index is -4.26. The Balaban J connectivity index is 2.31. The minimum absolute atomic E-state index is 0.0653. The largest absolute Gasteiger partial charge is 0.411 e. The highest BCUT2D eigenvalue weighted by molar-refractivity contribution is 7.11. The maximum absolute atomic E-state index is 11.7. The van der Waals surface area contributed by atoms with E-state index in [9.17, 15) is 13.2 Å². The monoisotopic (exact) mass is 225 g/mol. The van der Waals surface area contributed by atoms with Gasteiger partial charge in [-0.3, -0.25) is 0 Å². The molecule has 0 N–H and O–H groups in total. The Hall–Kier alpha value is -0.620. The van der Waals surface area contributed by atoms with Gasteiger partial charge in [-0.25, -0.2) is 4.98 Å². The number of alkyl halides is 3. The van der Waals surface area contributed by atoms with Gasteiger partial charge in [-0.05, 0) is 6.42 Å². The van der Waals surface area contributed by atoms with Crippen molar-refractivity contribution in [2.24, 2.45) is 0 Å². The van der Waals surface area contributed by atoms with Gasteiger partial charge in [-0.2, -0.15) is 13.2 Å². The highest BCUT2D eigenvalue weighted by Crippen LogP contribution is 2.18. The normalized spacial score (nSPS) is 12.0. The molecule has 1 aromatic rings. The molecule has 0 saturated heterocycles. The molecule has 0 bridgehead atoms. The van der Waals surface area contributed by atoms with Crippen LogP contribution < -0.4 is 0 Å². The SMILES string of the molecule is CCc1cnc(COCC(F)(F)F)s1. The van der Waals surface area contributed by atoms with Gasteiger partial charge in [0.05, 0.1) is 6.61 Å². The maximum Gasteiger partial charge on any atom is 0.411 e. The molecule has 1 heterocycles. The smallest absolute Gasteiger partial charge is 0.365 e. The van der Waals surface area contributed by atoms with E-state index in [1.165, 1.54) is 11.3 Å². The average Bonchev–Trinajstić information content (AvgIpc) is 2.50. The molecular formula is C8H10F3NOS. The molecule has 0 spiro atoms. The molecule has 0 saturated carbocycles. The quantitative estimate of drug-likeness (QED) is 0.786. The van der Waals surface area contributed by atoms with Crippen LogP contribution in [0.25, 0.3) is 0 Å². The molecule has 0 unspecified atom stereocenters. The van der Waals surface area contributed by atoms with Crippen LogP contribution in [0.4, 0.5) is 13.2 Å². The topological polar surface area (TPSA) is 22.1 Å². The molecule has 0 aliphatic carbocycles. The molecule has 0 fully saturated rings. The van der Waals surface area contributed by atoms with Crippen LogP contribution in [-0.4, -0.2) is 17.8 Å². The number of thiazole rings is 1. The van der Waals surface area contributed by atoms with E-state index < -0.39 is 12.8 Å². The lowest BCUT2D eigenvalue weighted by Gasteiger charge is -2.05. The third kappa shape index (κ3) is 4.06. The van der Waals surface area contributed by atoms with E-state index in [0.717, 1.165) is 11.3 Å². The van der Waals surface area contributed by atoms with E-state index >= 15 is 0 Å². The van der Waals surface area contributed by atoms with Crippen molar-refractivity contribution in [2.45, 2.75) is 26.1 Å². The van der Waals surface area contributed by atoms with Crippen molar-refractivity contribution in [1.29, 1.82) is 0 Å². The van der Waals surface area contributed by atoms with Crippen LogP contribution in [-0.2, 0) is 17.8 Å². The Morgan fingerprint density at radius 2 is 2.21 bits per heavy atom. The molecule has 0 aliphatic heterocycles. The van der Waals surface area contributed by atoms with Crippen LogP contribution in [0.15, 0.2) is 6.20 Å². The van der Waals surface area contributed by atoms with Crippen LogP contribution in [0.5, 0.6) is 0 Å². The number of nitrogens with zero attached hydrogens (tertiary/aromatic N) is 1. The number of halogens is 3. The number of hydrogen-bond donors (Lipinski definition) is 0. The summed E-state index contributed by atoms with van der Waals surface area (Å²) in [5, 5.41) is 0.589. The summed E-state index contributed by atoms with van der Waals surface area (Å²) in [5.74, 6) is 0. The van der Waals surface area contributed by atoms with E-state index in [4.69, 9.17) is 0 Å². The van der Waals surface area contributed by atoms with Crippen LogP contribution >= 0.6 is 11.3 Å². The van der Waals surface area contributed by atoms with Crippen LogP contribution in [0, 0.1) is 0 Å². The maximum atomic E-state index is 11.7. The van der Waals surface area contributed by atoms with Crippen molar-refractivity contribution in [1.82, 2.24) is 4.98 Å². The zero-order valence-corrected chi connectivity index (χ0v) is 8.41. The molecule has 14 heavy (non-hydrogen) atoms. The summed E-state index contributed by atoms with van der Waals surface area (Å²) in [6.45, 7) is 0.687.